The molecule has 130 valence electrons. The summed E-state index contributed by atoms with van der Waals surface area (Å²) < 4.78 is 15.3. The van der Waals surface area contributed by atoms with Gasteiger partial charge in [0.05, 0.1) is 11.1 Å². The molecule has 1 heterocycles. The van der Waals surface area contributed by atoms with Gasteiger partial charge in [0, 0.05) is 11.1 Å². The number of carbonyl (C=O) groups excluding carboxylic acids is 1. The Bertz CT molecular complexity index is 849. The third-order valence-corrected chi connectivity index (χ3v) is 4.97. The zero-order chi connectivity index (χ0) is 18.4. The van der Waals surface area contributed by atoms with Gasteiger partial charge in [0.2, 0.25) is 5.91 Å². The number of benzene rings is 1. The molecule has 3 rings (SSSR count). The predicted octanol–water partition coefficient (Wildman–Crippen LogP) is 4.38. The van der Waals surface area contributed by atoms with Gasteiger partial charge in [0.1, 0.15) is 5.69 Å². The summed E-state index contributed by atoms with van der Waals surface area (Å²) in [5.74, 6) is -0.677. The van der Waals surface area contributed by atoms with Crippen molar-refractivity contribution in [3.8, 4) is 11.3 Å². The van der Waals surface area contributed by atoms with E-state index in [2.05, 4.69) is 11.6 Å². The molecule has 4 heteroatoms. The summed E-state index contributed by atoms with van der Waals surface area (Å²) in [6.45, 7) is 9.38. The summed E-state index contributed by atoms with van der Waals surface area (Å²) >= 11 is 0. The van der Waals surface area contributed by atoms with Gasteiger partial charge in [-0.3, -0.25) is 4.79 Å². The lowest BCUT2D eigenvalue weighted by molar-refractivity contribution is -0.122. The SMILES string of the molecule is C=C(c1cc(C(C)(C)C(N)=O)c(F)c(-c2ccc(C)cc2)n1)C1CC1. The molecule has 1 aromatic carbocycles. The van der Waals surface area contributed by atoms with Gasteiger partial charge in [0.25, 0.3) is 0 Å². The van der Waals surface area contributed by atoms with Gasteiger partial charge in [-0.1, -0.05) is 36.4 Å². The van der Waals surface area contributed by atoms with E-state index in [1.165, 1.54) is 0 Å². The maximum absolute atomic E-state index is 15.3. The number of nitrogens with two attached hydrogens (primary N) is 1. The van der Waals surface area contributed by atoms with Gasteiger partial charge in [0.15, 0.2) is 5.82 Å². The molecular weight excluding hydrogens is 315 g/mol. The van der Waals surface area contributed by atoms with Crippen molar-refractivity contribution in [2.75, 3.05) is 0 Å². The van der Waals surface area contributed by atoms with E-state index < -0.39 is 17.1 Å². The second kappa shape index (κ2) is 6.10. The van der Waals surface area contributed by atoms with Crippen LogP contribution in [0.2, 0.25) is 0 Å². The van der Waals surface area contributed by atoms with Gasteiger partial charge >= 0.3 is 0 Å². The van der Waals surface area contributed by atoms with E-state index in [1.54, 1.807) is 19.9 Å². The van der Waals surface area contributed by atoms with Crippen molar-refractivity contribution in [2.45, 2.75) is 39.0 Å². The fraction of sp³-hybridized carbons (Fsp3) is 0.333. The first-order chi connectivity index (χ1) is 11.7. The van der Waals surface area contributed by atoms with Gasteiger partial charge in [-0.2, -0.15) is 0 Å². The number of nitrogens with zero attached hydrogens (tertiary/aromatic N) is 1. The van der Waals surface area contributed by atoms with Crippen LogP contribution in [0.25, 0.3) is 16.8 Å². The summed E-state index contributed by atoms with van der Waals surface area (Å²) in [5.41, 5.74) is 8.20. The van der Waals surface area contributed by atoms with Crippen molar-refractivity contribution in [1.29, 1.82) is 0 Å². The van der Waals surface area contributed by atoms with Crippen LogP contribution in [0.5, 0.6) is 0 Å². The molecule has 2 aromatic rings. The second-order valence-electron chi connectivity index (χ2n) is 7.37. The van der Waals surface area contributed by atoms with E-state index in [-0.39, 0.29) is 11.3 Å². The number of aromatic nitrogens is 1. The third kappa shape index (κ3) is 3.21. The Balaban J connectivity index is 2.22. The molecule has 1 fully saturated rings. The van der Waals surface area contributed by atoms with Crippen LogP contribution >= 0.6 is 0 Å². The first kappa shape index (κ1) is 17.3. The average Bonchev–Trinajstić information content (AvgIpc) is 3.40. The summed E-state index contributed by atoms with van der Waals surface area (Å²) in [6, 6.07) is 9.14. The number of amides is 1. The second-order valence-corrected chi connectivity index (χ2v) is 7.37. The Morgan fingerprint density at radius 3 is 2.40 bits per heavy atom. The van der Waals surface area contributed by atoms with Crippen molar-refractivity contribution in [2.24, 2.45) is 11.7 Å². The fourth-order valence-corrected chi connectivity index (χ4v) is 2.83. The summed E-state index contributed by atoms with van der Waals surface area (Å²) in [7, 11) is 0. The number of rotatable bonds is 5. The molecule has 1 amide bonds. The Kier molecular flexibility index (Phi) is 4.23. The molecule has 0 aliphatic heterocycles. The number of pyridine rings is 1. The van der Waals surface area contributed by atoms with Crippen LogP contribution in [-0.2, 0) is 10.2 Å². The summed E-state index contributed by atoms with van der Waals surface area (Å²) in [5, 5.41) is 0. The molecule has 2 N–H and O–H groups in total. The Hall–Kier alpha value is -2.49. The monoisotopic (exact) mass is 338 g/mol. The number of halogens is 1. The molecule has 0 bridgehead atoms. The molecule has 25 heavy (non-hydrogen) atoms. The molecule has 1 aliphatic carbocycles. The van der Waals surface area contributed by atoms with Crippen LogP contribution < -0.4 is 5.73 Å². The first-order valence-electron chi connectivity index (χ1n) is 8.49. The van der Waals surface area contributed by atoms with E-state index in [4.69, 9.17) is 5.73 Å². The van der Waals surface area contributed by atoms with Gasteiger partial charge < -0.3 is 5.73 Å². The normalized spacial score (nSPS) is 14.4. The van der Waals surface area contributed by atoms with Crippen LogP contribution in [0.1, 0.15) is 43.5 Å². The molecule has 3 nitrogen and oxygen atoms in total. The lowest BCUT2D eigenvalue weighted by Crippen LogP contribution is -2.36. The van der Waals surface area contributed by atoms with Crippen LogP contribution in [0.3, 0.4) is 0 Å². The molecule has 0 atom stereocenters. The van der Waals surface area contributed by atoms with Crippen molar-refractivity contribution < 1.29 is 9.18 Å². The molecule has 0 radical (unpaired) electrons. The highest BCUT2D eigenvalue weighted by Gasteiger charge is 2.34. The average molecular weight is 338 g/mol. The van der Waals surface area contributed by atoms with Crippen LogP contribution in [0.4, 0.5) is 4.39 Å². The minimum Gasteiger partial charge on any atom is -0.369 e. The van der Waals surface area contributed by atoms with E-state index in [9.17, 15) is 4.79 Å². The molecular formula is C21H23FN2O. The largest absolute Gasteiger partial charge is 0.369 e. The van der Waals surface area contributed by atoms with E-state index in [0.717, 1.165) is 24.0 Å². The molecule has 0 saturated heterocycles. The van der Waals surface area contributed by atoms with Crippen LogP contribution in [0, 0.1) is 18.7 Å². The van der Waals surface area contributed by atoms with E-state index >= 15 is 4.39 Å². The molecule has 1 saturated carbocycles. The van der Waals surface area contributed by atoms with Gasteiger partial charge in [-0.15, -0.1) is 0 Å². The zero-order valence-corrected chi connectivity index (χ0v) is 14.9. The van der Waals surface area contributed by atoms with Crippen molar-refractivity contribution in [3.05, 3.63) is 59.5 Å². The maximum Gasteiger partial charge on any atom is 0.227 e. The van der Waals surface area contributed by atoms with Gasteiger partial charge in [-0.25, -0.2) is 9.37 Å². The molecule has 0 unspecified atom stereocenters. The number of aryl methyl sites for hydroxylation is 1. The smallest absolute Gasteiger partial charge is 0.227 e. The summed E-state index contributed by atoms with van der Waals surface area (Å²) in [6.07, 6.45) is 2.15. The topological polar surface area (TPSA) is 56.0 Å². The van der Waals surface area contributed by atoms with Crippen molar-refractivity contribution in [3.63, 3.8) is 0 Å². The number of hydrogen-bond acceptors (Lipinski definition) is 2. The standard InChI is InChI=1S/C21H23FN2O/c1-12-5-7-15(8-6-12)19-18(22)16(21(3,4)20(23)25)11-17(24-19)13(2)14-9-10-14/h5-8,11,14H,2,9-10H2,1,3-4H3,(H2,23,25). The minimum absolute atomic E-state index is 0.239. The lowest BCUT2D eigenvalue weighted by Gasteiger charge is -2.24. The highest BCUT2D eigenvalue weighted by Crippen LogP contribution is 2.42. The highest BCUT2D eigenvalue weighted by atomic mass is 19.1. The Morgan fingerprint density at radius 1 is 1.28 bits per heavy atom. The molecule has 1 aromatic heterocycles. The number of allylic oxidation sites excluding steroid dienone is 1. The number of carbonyl (C=O) groups is 1. The number of primary amides is 1. The quantitative estimate of drug-likeness (QED) is 0.879. The number of hydrogen-bond donors (Lipinski definition) is 1. The van der Waals surface area contributed by atoms with Crippen molar-refractivity contribution >= 4 is 11.5 Å². The lowest BCUT2D eigenvalue weighted by atomic mass is 9.82. The predicted molar refractivity (Wildman–Crippen MR) is 98.3 cm³/mol. The Labute approximate surface area is 147 Å². The van der Waals surface area contributed by atoms with E-state index in [1.807, 2.05) is 31.2 Å². The Morgan fingerprint density at radius 2 is 1.88 bits per heavy atom. The zero-order valence-electron chi connectivity index (χ0n) is 14.9. The fourth-order valence-electron chi connectivity index (χ4n) is 2.83. The first-order valence-corrected chi connectivity index (χ1v) is 8.49. The highest BCUT2D eigenvalue weighted by molar-refractivity contribution is 5.87. The third-order valence-electron chi connectivity index (χ3n) is 4.97. The maximum atomic E-state index is 15.3. The van der Waals surface area contributed by atoms with Crippen LogP contribution in [-0.4, -0.2) is 10.9 Å². The van der Waals surface area contributed by atoms with E-state index in [0.29, 0.717) is 17.2 Å². The molecule has 0 spiro atoms. The van der Waals surface area contributed by atoms with Crippen molar-refractivity contribution in [1.82, 2.24) is 4.98 Å². The minimum atomic E-state index is -1.13. The van der Waals surface area contributed by atoms with Gasteiger partial charge in [-0.05, 0) is 51.2 Å². The van der Waals surface area contributed by atoms with Crippen LogP contribution in [0.15, 0.2) is 36.9 Å². The molecule has 1 aliphatic rings. The summed E-state index contributed by atoms with van der Waals surface area (Å²) in [4.78, 5) is 16.4.